The summed E-state index contributed by atoms with van der Waals surface area (Å²) >= 11 is 0. The highest BCUT2D eigenvalue weighted by Gasteiger charge is 2.43. The summed E-state index contributed by atoms with van der Waals surface area (Å²) in [5.74, 6) is -0.00925. The Morgan fingerprint density at radius 3 is 2.12 bits per heavy atom. The summed E-state index contributed by atoms with van der Waals surface area (Å²) in [6, 6.07) is 6.20. The van der Waals surface area contributed by atoms with Gasteiger partial charge in [-0.05, 0) is 17.7 Å². The fraction of sp³-hybridized carbons (Fsp3) is 0.538. The SMILES string of the molecule is CC1CNC[C@H](C)C1(O)c1ccc(F)cc1.Cl. The van der Waals surface area contributed by atoms with Crippen LogP contribution in [0.3, 0.4) is 0 Å². The number of nitrogens with one attached hydrogen (secondary N) is 1. The van der Waals surface area contributed by atoms with Gasteiger partial charge in [-0.2, -0.15) is 0 Å². The van der Waals surface area contributed by atoms with Crippen molar-refractivity contribution in [2.45, 2.75) is 19.4 Å². The summed E-state index contributed by atoms with van der Waals surface area (Å²) in [6.45, 7) is 5.62. The lowest BCUT2D eigenvalue weighted by molar-refractivity contribution is -0.0807. The highest BCUT2D eigenvalue weighted by molar-refractivity contribution is 5.85. The minimum Gasteiger partial charge on any atom is -0.385 e. The van der Waals surface area contributed by atoms with E-state index in [1.54, 1.807) is 12.1 Å². The van der Waals surface area contributed by atoms with Crippen molar-refractivity contribution in [3.05, 3.63) is 35.6 Å². The molecule has 0 amide bonds. The first-order valence-corrected chi connectivity index (χ1v) is 5.74. The van der Waals surface area contributed by atoms with E-state index < -0.39 is 5.60 Å². The molecule has 4 heteroatoms. The number of hydrogen-bond donors (Lipinski definition) is 2. The van der Waals surface area contributed by atoms with Gasteiger partial charge in [-0.1, -0.05) is 26.0 Å². The number of rotatable bonds is 1. The number of aliphatic hydroxyl groups is 1. The normalized spacial score (nSPS) is 32.9. The molecular weight excluding hydrogens is 241 g/mol. The molecule has 1 aromatic rings. The van der Waals surface area contributed by atoms with E-state index >= 15 is 0 Å². The van der Waals surface area contributed by atoms with E-state index in [1.807, 2.05) is 13.8 Å². The van der Waals surface area contributed by atoms with E-state index in [-0.39, 0.29) is 30.1 Å². The first kappa shape index (κ1) is 14.4. The number of hydrogen-bond acceptors (Lipinski definition) is 2. The molecule has 1 saturated heterocycles. The minimum atomic E-state index is -0.848. The molecule has 2 rings (SSSR count). The van der Waals surface area contributed by atoms with Gasteiger partial charge < -0.3 is 10.4 Å². The molecule has 1 aliphatic heterocycles. The monoisotopic (exact) mass is 259 g/mol. The van der Waals surface area contributed by atoms with Gasteiger partial charge in [0.05, 0.1) is 5.60 Å². The van der Waals surface area contributed by atoms with E-state index in [0.717, 1.165) is 18.7 Å². The van der Waals surface area contributed by atoms with E-state index in [4.69, 9.17) is 0 Å². The molecule has 1 heterocycles. The molecule has 1 fully saturated rings. The summed E-state index contributed by atoms with van der Waals surface area (Å²) in [7, 11) is 0. The molecule has 96 valence electrons. The summed E-state index contributed by atoms with van der Waals surface area (Å²) in [5, 5.41) is 14.1. The second-order valence-corrected chi connectivity index (χ2v) is 4.79. The molecule has 3 atom stereocenters. The van der Waals surface area contributed by atoms with Crippen molar-refractivity contribution in [1.82, 2.24) is 5.32 Å². The van der Waals surface area contributed by atoms with Gasteiger partial charge >= 0.3 is 0 Å². The first-order valence-electron chi connectivity index (χ1n) is 5.74. The topological polar surface area (TPSA) is 32.3 Å². The van der Waals surface area contributed by atoms with Crippen LogP contribution in [0.2, 0.25) is 0 Å². The second-order valence-electron chi connectivity index (χ2n) is 4.79. The molecule has 2 N–H and O–H groups in total. The standard InChI is InChI=1S/C13H18FNO.ClH/c1-9-7-15-8-10(2)13(9,16)11-3-5-12(14)6-4-11;/h3-6,9-10,15-16H,7-8H2,1-2H3;1H/t9-,10?,13?;/m0./s1. The lowest BCUT2D eigenvalue weighted by Crippen LogP contribution is -2.52. The molecule has 1 aromatic carbocycles. The summed E-state index contributed by atoms with van der Waals surface area (Å²) < 4.78 is 12.9. The number of benzene rings is 1. The van der Waals surface area contributed by atoms with Gasteiger partial charge in [0, 0.05) is 24.9 Å². The smallest absolute Gasteiger partial charge is 0.123 e. The zero-order chi connectivity index (χ0) is 11.8. The van der Waals surface area contributed by atoms with Crippen LogP contribution in [0.5, 0.6) is 0 Å². The van der Waals surface area contributed by atoms with Crippen LogP contribution in [-0.4, -0.2) is 18.2 Å². The Balaban J connectivity index is 0.00000144. The van der Waals surface area contributed by atoms with Gasteiger partial charge in [0.15, 0.2) is 0 Å². The molecule has 0 saturated carbocycles. The van der Waals surface area contributed by atoms with Crippen molar-refractivity contribution in [2.24, 2.45) is 11.8 Å². The molecule has 0 aromatic heterocycles. The maximum absolute atomic E-state index is 12.9. The average molecular weight is 260 g/mol. The fourth-order valence-electron chi connectivity index (χ4n) is 2.60. The van der Waals surface area contributed by atoms with Crippen LogP contribution in [-0.2, 0) is 5.60 Å². The van der Waals surface area contributed by atoms with E-state index in [1.165, 1.54) is 12.1 Å². The zero-order valence-electron chi connectivity index (χ0n) is 10.1. The maximum Gasteiger partial charge on any atom is 0.123 e. The number of halogens is 2. The largest absolute Gasteiger partial charge is 0.385 e. The molecule has 0 spiro atoms. The van der Waals surface area contributed by atoms with Gasteiger partial charge in [0.2, 0.25) is 0 Å². The minimum absolute atomic E-state index is 0. The third kappa shape index (κ3) is 2.46. The van der Waals surface area contributed by atoms with Crippen molar-refractivity contribution < 1.29 is 9.50 Å². The van der Waals surface area contributed by atoms with Crippen molar-refractivity contribution >= 4 is 12.4 Å². The van der Waals surface area contributed by atoms with Crippen LogP contribution in [0.4, 0.5) is 4.39 Å². The average Bonchev–Trinajstić information content (AvgIpc) is 2.27. The molecule has 0 radical (unpaired) electrons. The quantitative estimate of drug-likeness (QED) is 0.811. The predicted octanol–water partition coefficient (Wildman–Crippen LogP) is 2.31. The summed E-state index contributed by atoms with van der Waals surface area (Å²) in [6.07, 6.45) is 0. The van der Waals surface area contributed by atoms with Crippen molar-refractivity contribution in [3.8, 4) is 0 Å². The Morgan fingerprint density at radius 1 is 1.18 bits per heavy atom. The lowest BCUT2D eigenvalue weighted by atomic mass is 9.71. The third-order valence-electron chi connectivity index (χ3n) is 3.71. The second kappa shape index (κ2) is 5.34. The Labute approximate surface area is 108 Å². The Hall–Kier alpha value is -0.640. The van der Waals surface area contributed by atoms with Crippen LogP contribution in [0.25, 0.3) is 0 Å². The Morgan fingerprint density at radius 2 is 1.65 bits per heavy atom. The third-order valence-corrected chi connectivity index (χ3v) is 3.71. The van der Waals surface area contributed by atoms with E-state index in [0.29, 0.717) is 0 Å². The summed E-state index contributed by atoms with van der Waals surface area (Å²) in [5.41, 5.74) is -0.0331. The molecule has 0 bridgehead atoms. The van der Waals surface area contributed by atoms with Gasteiger partial charge in [-0.3, -0.25) is 0 Å². The highest BCUT2D eigenvalue weighted by atomic mass is 35.5. The Kier molecular flexibility index (Phi) is 4.53. The molecule has 2 nitrogen and oxygen atoms in total. The summed E-state index contributed by atoms with van der Waals surface area (Å²) in [4.78, 5) is 0. The highest BCUT2D eigenvalue weighted by Crippen LogP contribution is 2.38. The van der Waals surface area contributed by atoms with Crippen LogP contribution in [0, 0.1) is 17.7 Å². The van der Waals surface area contributed by atoms with Gasteiger partial charge in [0.25, 0.3) is 0 Å². The number of piperidine rings is 1. The maximum atomic E-state index is 12.9. The molecule has 1 aliphatic rings. The first-order chi connectivity index (χ1) is 7.55. The van der Waals surface area contributed by atoms with Gasteiger partial charge in [-0.15, -0.1) is 12.4 Å². The Bertz CT molecular complexity index is 358. The molecule has 17 heavy (non-hydrogen) atoms. The van der Waals surface area contributed by atoms with Crippen LogP contribution >= 0.6 is 12.4 Å². The van der Waals surface area contributed by atoms with Crippen LogP contribution in [0.15, 0.2) is 24.3 Å². The van der Waals surface area contributed by atoms with Crippen LogP contribution in [0.1, 0.15) is 19.4 Å². The molecule has 0 aliphatic carbocycles. The van der Waals surface area contributed by atoms with Crippen molar-refractivity contribution in [1.29, 1.82) is 0 Å². The van der Waals surface area contributed by atoms with Crippen molar-refractivity contribution in [2.75, 3.05) is 13.1 Å². The van der Waals surface area contributed by atoms with Gasteiger partial charge in [0.1, 0.15) is 5.82 Å². The molecular formula is C13H19ClFNO. The zero-order valence-corrected chi connectivity index (χ0v) is 10.9. The van der Waals surface area contributed by atoms with E-state index in [2.05, 4.69) is 5.32 Å². The van der Waals surface area contributed by atoms with Gasteiger partial charge in [-0.25, -0.2) is 4.39 Å². The van der Waals surface area contributed by atoms with Crippen LogP contribution < -0.4 is 5.32 Å². The van der Waals surface area contributed by atoms with Crippen molar-refractivity contribution in [3.63, 3.8) is 0 Å². The lowest BCUT2D eigenvalue weighted by Gasteiger charge is -2.44. The fourth-order valence-corrected chi connectivity index (χ4v) is 2.60. The molecule has 2 unspecified atom stereocenters. The van der Waals surface area contributed by atoms with E-state index in [9.17, 15) is 9.50 Å². The predicted molar refractivity (Wildman–Crippen MR) is 68.7 cm³/mol.